The summed E-state index contributed by atoms with van der Waals surface area (Å²) in [6.45, 7) is 5.48. The third kappa shape index (κ3) is 4.24. The second-order valence-corrected chi connectivity index (χ2v) is 4.39. The van der Waals surface area contributed by atoms with Gasteiger partial charge in [0.05, 0.1) is 0 Å². The van der Waals surface area contributed by atoms with Gasteiger partial charge in [-0.3, -0.25) is 9.59 Å². The highest BCUT2D eigenvalue weighted by molar-refractivity contribution is 6.04. The lowest BCUT2D eigenvalue weighted by Crippen LogP contribution is -2.01. The summed E-state index contributed by atoms with van der Waals surface area (Å²) in [5.74, 6) is -0.240. The van der Waals surface area contributed by atoms with E-state index in [4.69, 9.17) is 0 Å². The molecule has 0 bridgehead atoms. The average molecular weight is 245 g/mol. The molecule has 1 aromatic carbocycles. The molecule has 0 N–H and O–H groups in total. The number of unbranched alkanes of at least 4 members (excludes halogenated alkanes) is 1. The summed E-state index contributed by atoms with van der Waals surface area (Å²) >= 11 is 0. The van der Waals surface area contributed by atoms with Crippen LogP contribution in [0.4, 0.5) is 0 Å². The van der Waals surface area contributed by atoms with Gasteiger partial charge in [-0.1, -0.05) is 25.5 Å². The van der Waals surface area contributed by atoms with Crippen LogP contribution in [0.15, 0.2) is 29.3 Å². The molecule has 0 aliphatic heterocycles. The van der Waals surface area contributed by atoms with E-state index in [9.17, 15) is 9.59 Å². The minimum Gasteiger partial charge on any atom is -0.295 e. The van der Waals surface area contributed by atoms with Gasteiger partial charge in [0, 0.05) is 16.8 Å². The third-order valence-electron chi connectivity index (χ3n) is 2.72. The topological polar surface area (TPSA) is 46.5 Å². The highest BCUT2D eigenvalue weighted by Gasteiger charge is 2.06. The fraction of sp³-hybridized carbons (Fsp3) is 0.400. The predicted octanol–water partition coefficient (Wildman–Crippen LogP) is 3.68. The number of amides is 1. The van der Waals surface area contributed by atoms with Gasteiger partial charge >= 0.3 is 0 Å². The minimum atomic E-state index is -0.237. The van der Waals surface area contributed by atoms with Crippen molar-refractivity contribution in [3.63, 3.8) is 0 Å². The second-order valence-electron chi connectivity index (χ2n) is 4.39. The molecule has 1 aromatic rings. The minimum absolute atomic E-state index is 0.00312. The second kappa shape index (κ2) is 6.84. The molecular formula is C15H19NO2. The standard InChI is InChI=1S/C15H19NO2/c1-4-5-6-11(2)16-15(18)14-9-7-13(8-10-14)12(3)17/h7-10H,4-6H2,1-3H3. The Morgan fingerprint density at radius 1 is 1.06 bits per heavy atom. The van der Waals surface area contributed by atoms with E-state index in [1.54, 1.807) is 24.3 Å². The molecule has 3 nitrogen and oxygen atoms in total. The Morgan fingerprint density at radius 2 is 1.61 bits per heavy atom. The lowest BCUT2D eigenvalue weighted by atomic mass is 10.1. The molecule has 0 aliphatic rings. The van der Waals surface area contributed by atoms with Gasteiger partial charge in [0.1, 0.15) is 0 Å². The molecule has 0 fully saturated rings. The molecule has 0 heterocycles. The van der Waals surface area contributed by atoms with Crippen LogP contribution in [0, 0.1) is 0 Å². The smallest absolute Gasteiger partial charge is 0.276 e. The number of aliphatic imine (C=N–C) groups is 1. The molecule has 1 amide bonds. The van der Waals surface area contributed by atoms with Crippen molar-refractivity contribution in [3.05, 3.63) is 35.4 Å². The largest absolute Gasteiger partial charge is 0.295 e. The maximum absolute atomic E-state index is 11.8. The number of ketones is 1. The summed E-state index contributed by atoms with van der Waals surface area (Å²) < 4.78 is 0. The van der Waals surface area contributed by atoms with Crippen LogP contribution in [0.2, 0.25) is 0 Å². The third-order valence-corrected chi connectivity index (χ3v) is 2.72. The van der Waals surface area contributed by atoms with Crippen LogP contribution in [0.5, 0.6) is 0 Å². The van der Waals surface area contributed by atoms with Crippen molar-refractivity contribution in [2.24, 2.45) is 4.99 Å². The summed E-state index contributed by atoms with van der Waals surface area (Å²) in [5.41, 5.74) is 1.99. The number of carbonyl (C=O) groups is 2. The van der Waals surface area contributed by atoms with Gasteiger partial charge in [0.25, 0.3) is 5.91 Å². The van der Waals surface area contributed by atoms with Crippen molar-refractivity contribution in [1.82, 2.24) is 0 Å². The molecule has 96 valence electrons. The first-order valence-corrected chi connectivity index (χ1v) is 6.24. The zero-order valence-electron chi connectivity index (χ0n) is 11.2. The number of Topliss-reactive ketones (excluding diaryl/α,β-unsaturated/α-hetero) is 1. The summed E-state index contributed by atoms with van der Waals surface area (Å²) in [6, 6.07) is 6.62. The first kappa shape index (κ1) is 14.3. The molecule has 0 spiro atoms. The van der Waals surface area contributed by atoms with Crippen LogP contribution in [-0.4, -0.2) is 17.4 Å². The predicted molar refractivity (Wildman–Crippen MR) is 73.4 cm³/mol. The maximum Gasteiger partial charge on any atom is 0.276 e. The van der Waals surface area contributed by atoms with E-state index >= 15 is 0 Å². The van der Waals surface area contributed by atoms with Gasteiger partial charge < -0.3 is 0 Å². The lowest BCUT2D eigenvalue weighted by Gasteiger charge is -2.00. The first-order valence-electron chi connectivity index (χ1n) is 6.24. The Hall–Kier alpha value is -1.77. The summed E-state index contributed by atoms with van der Waals surface area (Å²) in [5, 5.41) is 0. The van der Waals surface area contributed by atoms with Gasteiger partial charge in [0.2, 0.25) is 0 Å². The fourth-order valence-electron chi connectivity index (χ4n) is 1.57. The molecule has 0 unspecified atom stereocenters. The normalized spacial score (nSPS) is 11.4. The van der Waals surface area contributed by atoms with Crippen molar-refractivity contribution in [1.29, 1.82) is 0 Å². The van der Waals surface area contributed by atoms with Crippen LogP contribution in [-0.2, 0) is 0 Å². The van der Waals surface area contributed by atoms with E-state index in [-0.39, 0.29) is 11.7 Å². The molecule has 1 rings (SSSR count). The van der Waals surface area contributed by atoms with Gasteiger partial charge in [-0.05, 0) is 38.8 Å². The molecule has 0 aliphatic carbocycles. The molecule has 18 heavy (non-hydrogen) atoms. The number of carbonyl (C=O) groups excluding carboxylic acids is 2. The van der Waals surface area contributed by atoms with Crippen LogP contribution >= 0.6 is 0 Å². The molecule has 0 saturated carbocycles. The molecule has 0 atom stereocenters. The van der Waals surface area contributed by atoms with Crippen LogP contribution in [0.3, 0.4) is 0 Å². The SMILES string of the molecule is CCCCC(C)=NC(=O)c1ccc(C(C)=O)cc1. The Kier molecular flexibility index (Phi) is 5.43. The van der Waals surface area contributed by atoms with Crippen LogP contribution < -0.4 is 0 Å². The van der Waals surface area contributed by atoms with Gasteiger partial charge in [-0.2, -0.15) is 0 Å². The van der Waals surface area contributed by atoms with Gasteiger partial charge in [-0.25, -0.2) is 4.99 Å². The summed E-state index contributed by atoms with van der Waals surface area (Å²) in [4.78, 5) is 27.0. The molecule has 0 radical (unpaired) electrons. The molecule has 3 heteroatoms. The number of hydrogen-bond acceptors (Lipinski definition) is 2. The maximum atomic E-state index is 11.8. The van der Waals surface area contributed by atoms with E-state index in [0.29, 0.717) is 11.1 Å². The van der Waals surface area contributed by atoms with Gasteiger partial charge in [-0.15, -0.1) is 0 Å². The van der Waals surface area contributed by atoms with E-state index in [1.165, 1.54) is 6.92 Å². The van der Waals surface area contributed by atoms with Crippen molar-refractivity contribution in [3.8, 4) is 0 Å². The average Bonchev–Trinajstić information content (AvgIpc) is 2.36. The van der Waals surface area contributed by atoms with Gasteiger partial charge in [0.15, 0.2) is 5.78 Å². The van der Waals surface area contributed by atoms with Crippen molar-refractivity contribution >= 4 is 17.4 Å². The highest BCUT2D eigenvalue weighted by Crippen LogP contribution is 2.07. The number of hydrogen-bond donors (Lipinski definition) is 0. The Balaban J connectivity index is 2.75. The molecular weight excluding hydrogens is 226 g/mol. The Labute approximate surface area is 108 Å². The summed E-state index contributed by atoms with van der Waals surface area (Å²) in [6.07, 6.45) is 2.99. The van der Waals surface area contributed by atoms with E-state index in [2.05, 4.69) is 11.9 Å². The Bertz CT molecular complexity index is 458. The van der Waals surface area contributed by atoms with E-state index in [1.807, 2.05) is 6.92 Å². The zero-order chi connectivity index (χ0) is 13.5. The quantitative estimate of drug-likeness (QED) is 0.586. The monoisotopic (exact) mass is 245 g/mol. The van der Waals surface area contributed by atoms with E-state index < -0.39 is 0 Å². The number of benzene rings is 1. The zero-order valence-corrected chi connectivity index (χ0v) is 11.2. The van der Waals surface area contributed by atoms with Crippen molar-refractivity contribution < 1.29 is 9.59 Å². The number of nitrogens with zero attached hydrogens (tertiary/aromatic N) is 1. The summed E-state index contributed by atoms with van der Waals surface area (Å²) in [7, 11) is 0. The highest BCUT2D eigenvalue weighted by atomic mass is 16.1. The first-order chi connectivity index (χ1) is 8.54. The fourth-order valence-corrected chi connectivity index (χ4v) is 1.57. The Morgan fingerprint density at radius 3 is 2.11 bits per heavy atom. The molecule has 0 saturated heterocycles. The molecule has 0 aromatic heterocycles. The van der Waals surface area contributed by atoms with Crippen molar-refractivity contribution in [2.45, 2.75) is 40.0 Å². The number of rotatable bonds is 5. The van der Waals surface area contributed by atoms with Crippen molar-refractivity contribution in [2.75, 3.05) is 0 Å². The van der Waals surface area contributed by atoms with Crippen LogP contribution in [0.1, 0.15) is 60.7 Å². The lowest BCUT2D eigenvalue weighted by molar-refractivity contribution is 0.0995. The van der Waals surface area contributed by atoms with E-state index in [0.717, 1.165) is 25.0 Å². The van der Waals surface area contributed by atoms with Crippen LogP contribution in [0.25, 0.3) is 0 Å².